The molecule has 1 amide bonds. The van der Waals surface area contributed by atoms with E-state index in [2.05, 4.69) is 0 Å². The van der Waals surface area contributed by atoms with E-state index in [-0.39, 0.29) is 18.5 Å². The van der Waals surface area contributed by atoms with Crippen molar-refractivity contribution in [2.45, 2.75) is 25.9 Å². The number of carbonyl (C=O) groups excluding carboxylic acids is 1. The van der Waals surface area contributed by atoms with E-state index in [1.54, 1.807) is 6.92 Å². The molecule has 1 atom stereocenters. The number of halogens is 4. The maximum Gasteiger partial charge on any atom is 0.393 e. The number of alkyl halides is 3. The molecule has 1 aromatic carbocycles. The molecule has 1 aliphatic heterocycles. The van der Waals surface area contributed by atoms with Crippen LogP contribution in [0.1, 0.15) is 28.8 Å². The number of carbonyl (C=O) groups is 1. The summed E-state index contributed by atoms with van der Waals surface area (Å²) in [6.07, 6.45) is -3.90. The highest BCUT2D eigenvalue weighted by molar-refractivity contribution is 5.95. The van der Waals surface area contributed by atoms with E-state index < -0.39 is 23.8 Å². The van der Waals surface area contributed by atoms with Crippen LogP contribution in [0.4, 0.5) is 17.6 Å². The van der Waals surface area contributed by atoms with Gasteiger partial charge in [0, 0.05) is 18.7 Å². The van der Waals surface area contributed by atoms with Crippen LogP contribution in [0.15, 0.2) is 18.2 Å². The average molecular weight is 289 g/mol. The lowest BCUT2D eigenvalue weighted by atomic mass is 9.96. The average Bonchev–Trinajstić information content (AvgIpc) is 2.37. The van der Waals surface area contributed by atoms with Crippen molar-refractivity contribution in [2.24, 2.45) is 5.92 Å². The van der Waals surface area contributed by atoms with Crippen molar-refractivity contribution in [3.05, 3.63) is 35.1 Å². The van der Waals surface area contributed by atoms with E-state index >= 15 is 0 Å². The Hall–Kier alpha value is -1.59. The summed E-state index contributed by atoms with van der Waals surface area (Å²) in [5.74, 6) is -2.40. The Morgan fingerprint density at radius 1 is 1.35 bits per heavy atom. The van der Waals surface area contributed by atoms with Crippen LogP contribution in [0.2, 0.25) is 0 Å². The summed E-state index contributed by atoms with van der Waals surface area (Å²) < 4.78 is 51.2. The first-order valence-electron chi connectivity index (χ1n) is 6.41. The minimum atomic E-state index is -4.28. The highest BCUT2D eigenvalue weighted by atomic mass is 19.4. The van der Waals surface area contributed by atoms with Crippen molar-refractivity contribution in [2.75, 3.05) is 13.1 Å². The van der Waals surface area contributed by atoms with E-state index in [0.29, 0.717) is 18.5 Å². The summed E-state index contributed by atoms with van der Waals surface area (Å²) in [5.41, 5.74) is 0.693. The van der Waals surface area contributed by atoms with E-state index in [1.165, 1.54) is 17.0 Å². The van der Waals surface area contributed by atoms with Crippen LogP contribution in [-0.4, -0.2) is 30.1 Å². The van der Waals surface area contributed by atoms with Gasteiger partial charge in [0.1, 0.15) is 5.82 Å². The van der Waals surface area contributed by atoms with Gasteiger partial charge in [-0.3, -0.25) is 4.79 Å². The van der Waals surface area contributed by atoms with Crippen LogP contribution in [0.5, 0.6) is 0 Å². The minimum absolute atomic E-state index is 0.0513. The molecule has 0 aromatic heterocycles. The molecule has 2 rings (SSSR count). The number of nitrogens with zero attached hydrogens (tertiary/aromatic N) is 1. The van der Waals surface area contributed by atoms with Crippen molar-refractivity contribution in [1.29, 1.82) is 0 Å². The largest absolute Gasteiger partial charge is 0.393 e. The summed E-state index contributed by atoms with van der Waals surface area (Å²) in [6, 6.07) is 3.67. The Labute approximate surface area is 114 Å². The lowest BCUT2D eigenvalue weighted by Gasteiger charge is -2.34. The zero-order valence-electron chi connectivity index (χ0n) is 11.0. The van der Waals surface area contributed by atoms with Gasteiger partial charge in [-0.1, -0.05) is 0 Å². The second-order valence-corrected chi connectivity index (χ2v) is 5.09. The zero-order valence-corrected chi connectivity index (χ0v) is 11.0. The maximum absolute atomic E-state index is 13.0. The summed E-state index contributed by atoms with van der Waals surface area (Å²) in [4.78, 5) is 13.5. The fourth-order valence-corrected chi connectivity index (χ4v) is 2.47. The number of hydrogen-bond donors (Lipinski definition) is 0. The molecule has 0 N–H and O–H groups in total. The van der Waals surface area contributed by atoms with Crippen LogP contribution in [-0.2, 0) is 0 Å². The smallest absolute Gasteiger partial charge is 0.338 e. The monoisotopic (exact) mass is 289 g/mol. The predicted octanol–water partition coefficient (Wildman–Crippen LogP) is 3.55. The molecule has 0 bridgehead atoms. The van der Waals surface area contributed by atoms with Crippen molar-refractivity contribution < 1.29 is 22.4 Å². The van der Waals surface area contributed by atoms with Gasteiger partial charge in [-0.05, 0) is 43.5 Å². The molecule has 110 valence electrons. The summed E-state index contributed by atoms with van der Waals surface area (Å²) in [7, 11) is 0. The lowest BCUT2D eigenvalue weighted by Crippen LogP contribution is -2.44. The van der Waals surface area contributed by atoms with Gasteiger partial charge in [-0.25, -0.2) is 4.39 Å². The molecule has 1 saturated heterocycles. The second kappa shape index (κ2) is 5.42. The molecule has 0 radical (unpaired) electrons. The first-order chi connectivity index (χ1) is 9.29. The third kappa shape index (κ3) is 3.11. The zero-order chi connectivity index (χ0) is 14.9. The van der Waals surface area contributed by atoms with Gasteiger partial charge in [0.25, 0.3) is 5.91 Å². The minimum Gasteiger partial charge on any atom is -0.338 e. The maximum atomic E-state index is 13.0. The Bertz CT molecular complexity index is 512. The number of aryl methyl sites for hydroxylation is 1. The van der Waals surface area contributed by atoms with E-state index in [0.717, 1.165) is 6.07 Å². The third-order valence-corrected chi connectivity index (χ3v) is 3.59. The highest BCUT2D eigenvalue weighted by Crippen LogP contribution is 2.33. The summed E-state index contributed by atoms with van der Waals surface area (Å²) in [6.45, 7) is 1.56. The van der Waals surface area contributed by atoms with Gasteiger partial charge in [0.05, 0.1) is 5.92 Å². The topological polar surface area (TPSA) is 20.3 Å². The Morgan fingerprint density at radius 2 is 2.05 bits per heavy atom. The number of amides is 1. The van der Waals surface area contributed by atoms with Gasteiger partial charge in [-0.15, -0.1) is 0 Å². The first kappa shape index (κ1) is 14.8. The molecule has 1 fully saturated rings. The van der Waals surface area contributed by atoms with E-state index in [1.807, 2.05) is 0 Å². The number of rotatable bonds is 1. The van der Waals surface area contributed by atoms with Crippen molar-refractivity contribution >= 4 is 5.91 Å². The summed E-state index contributed by atoms with van der Waals surface area (Å²) >= 11 is 0. The van der Waals surface area contributed by atoms with Crippen LogP contribution >= 0.6 is 0 Å². The number of benzene rings is 1. The van der Waals surface area contributed by atoms with Gasteiger partial charge in [-0.2, -0.15) is 13.2 Å². The van der Waals surface area contributed by atoms with Crippen molar-refractivity contribution in [3.8, 4) is 0 Å². The molecule has 1 unspecified atom stereocenters. The quantitative estimate of drug-likeness (QED) is 0.724. The van der Waals surface area contributed by atoms with Crippen LogP contribution < -0.4 is 0 Å². The van der Waals surface area contributed by atoms with Crippen molar-refractivity contribution in [3.63, 3.8) is 0 Å². The molecule has 6 heteroatoms. The number of likely N-dealkylation sites (tertiary alicyclic amines) is 1. The summed E-state index contributed by atoms with van der Waals surface area (Å²) in [5, 5.41) is 0. The van der Waals surface area contributed by atoms with Gasteiger partial charge in [0.2, 0.25) is 0 Å². The predicted molar refractivity (Wildman–Crippen MR) is 65.8 cm³/mol. The molecular weight excluding hydrogens is 274 g/mol. The SMILES string of the molecule is Cc1cc(F)ccc1C(=O)N1CCCC(C(F)(F)F)C1. The van der Waals surface area contributed by atoms with E-state index in [9.17, 15) is 22.4 Å². The molecular formula is C14H15F4NO. The Morgan fingerprint density at radius 3 is 2.65 bits per heavy atom. The lowest BCUT2D eigenvalue weighted by molar-refractivity contribution is -0.184. The Kier molecular flexibility index (Phi) is 4.01. The molecule has 2 nitrogen and oxygen atoms in total. The van der Waals surface area contributed by atoms with Crippen LogP contribution in [0.25, 0.3) is 0 Å². The van der Waals surface area contributed by atoms with E-state index in [4.69, 9.17) is 0 Å². The van der Waals surface area contributed by atoms with Gasteiger partial charge >= 0.3 is 6.18 Å². The highest BCUT2D eigenvalue weighted by Gasteiger charge is 2.42. The van der Waals surface area contributed by atoms with Gasteiger partial charge in [0.15, 0.2) is 0 Å². The molecule has 20 heavy (non-hydrogen) atoms. The molecule has 1 heterocycles. The molecule has 0 saturated carbocycles. The second-order valence-electron chi connectivity index (χ2n) is 5.09. The van der Waals surface area contributed by atoms with Crippen molar-refractivity contribution in [1.82, 2.24) is 4.90 Å². The fraction of sp³-hybridized carbons (Fsp3) is 0.500. The Balaban J connectivity index is 2.16. The van der Waals surface area contributed by atoms with Gasteiger partial charge < -0.3 is 4.90 Å². The molecule has 1 aromatic rings. The number of hydrogen-bond acceptors (Lipinski definition) is 1. The molecule has 0 aliphatic carbocycles. The van der Waals surface area contributed by atoms with Crippen LogP contribution in [0.3, 0.4) is 0 Å². The third-order valence-electron chi connectivity index (χ3n) is 3.59. The first-order valence-corrected chi connectivity index (χ1v) is 6.41. The molecule has 0 spiro atoms. The normalized spacial score (nSPS) is 20.1. The standard InChI is InChI=1S/C14H15F4NO/c1-9-7-11(15)4-5-12(9)13(20)19-6-2-3-10(8-19)14(16,17)18/h4-5,7,10H,2-3,6,8H2,1H3. The fourth-order valence-electron chi connectivity index (χ4n) is 2.47. The molecule has 1 aliphatic rings. The van der Waals surface area contributed by atoms with Crippen LogP contribution in [0, 0.1) is 18.7 Å². The number of piperidine rings is 1.